The molecule has 2 aromatic rings. The smallest absolute Gasteiger partial charge is 0.330 e. The molecule has 0 atom stereocenters. The van der Waals surface area contributed by atoms with Crippen molar-refractivity contribution in [1.29, 1.82) is 0 Å². The van der Waals surface area contributed by atoms with Crippen LogP contribution in [-0.4, -0.2) is 33.1 Å². The molecule has 0 aliphatic carbocycles. The van der Waals surface area contributed by atoms with Crippen LogP contribution in [0.15, 0.2) is 24.5 Å². The largest absolute Gasteiger partial charge is 0.464 e. The van der Waals surface area contributed by atoms with E-state index in [1.165, 1.54) is 0 Å². The number of hydrogen-bond donors (Lipinski definition) is 1. The zero-order chi connectivity index (χ0) is 14.2. The van der Waals surface area contributed by atoms with Crippen LogP contribution in [0.5, 0.6) is 17.8 Å². The first kappa shape index (κ1) is 14.0. The molecule has 2 rings (SSSR count). The maximum Gasteiger partial charge on any atom is 0.330 e. The number of aromatic nitrogens is 4. The first-order valence-corrected chi connectivity index (χ1v) is 6.52. The molecule has 20 heavy (non-hydrogen) atoms. The number of hydrogen-bond acceptors (Lipinski definition) is 7. The fraction of sp³-hybridized carbons (Fsp3) is 0.385. The summed E-state index contributed by atoms with van der Waals surface area (Å²) in [6, 6.07) is 3.96. The van der Waals surface area contributed by atoms with Crippen LogP contribution in [0.4, 0.5) is 5.95 Å². The van der Waals surface area contributed by atoms with Gasteiger partial charge in [0.25, 0.3) is 0 Å². The molecule has 7 heteroatoms. The summed E-state index contributed by atoms with van der Waals surface area (Å²) in [7, 11) is 0. The highest BCUT2D eigenvalue weighted by molar-refractivity contribution is 5.29. The number of nitrogens with one attached hydrogen (secondary N) is 1. The van der Waals surface area contributed by atoms with Gasteiger partial charge in [-0.25, -0.2) is 0 Å². The van der Waals surface area contributed by atoms with Crippen LogP contribution < -0.4 is 14.8 Å². The Morgan fingerprint density at radius 3 is 2.70 bits per heavy atom. The number of nitrogens with zero attached hydrogens (tertiary/aromatic N) is 4. The second-order valence-electron chi connectivity index (χ2n) is 3.87. The zero-order valence-corrected chi connectivity index (χ0v) is 11.5. The lowest BCUT2D eigenvalue weighted by Crippen LogP contribution is -2.08. The van der Waals surface area contributed by atoms with E-state index in [1.54, 1.807) is 24.5 Å². The van der Waals surface area contributed by atoms with Crippen LogP contribution in [0.3, 0.4) is 0 Å². The van der Waals surface area contributed by atoms with Crippen LogP contribution in [0.25, 0.3) is 0 Å². The van der Waals surface area contributed by atoms with Crippen molar-refractivity contribution in [3.05, 3.63) is 24.5 Å². The first-order valence-electron chi connectivity index (χ1n) is 6.52. The molecule has 106 valence electrons. The predicted octanol–water partition coefficient (Wildman–Crippen LogP) is 2.28. The van der Waals surface area contributed by atoms with Gasteiger partial charge in [0.2, 0.25) is 5.95 Å². The highest BCUT2D eigenvalue weighted by atomic mass is 16.5. The van der Waals surface area contributed by atoms with Gasteiger partial charge >= 0.3 is 12.0 Å². The van der Waals surface area contributed by atoms with Gasteiger partial charge < -0.3 is 14.8 Å². The number of anilines is 1. The molecular formula is C13H17N5O2. The maximum absolute atomic E-state index is 5.54. The molecule has 0 amide bonds. The van der Waals surface area contributed by atoms with Crippen molar-refractivity contribution in [2.24, 2.45) is 0 Å². The van der Waals surface area contributed by atoms with Crippen molar-refractivity contribution in [3.8, 4) is 17.8 Å². The Kier molecular flexibility index (Phi) is 5.05. The Hall–Kier alpha value is -2.44. The molecule has 0 fully saturated rings. The van der Waals surface area contributed by atoms with Crippen LogP contribution in [0.2, 0.25) is 0 Å². The maximum atomic E-state index is 5.54. The summed E-state index contributed by atoms with van der Waals surface area (Å²) in [6.07, 6.45) is 4.22. The molecule has 0 aliphatic heterocycles. The molecule has 0 unspecified atom stereocenters. The Morgan fingerprint density at radius 1 is 1.15 bits per heavy atom. The van der Waals surface area contributed by atoms with Gasteiger partial charge in [-0.15, -0.1) is 4.98 Å². The van der Waals surface area contributed by atoms with Gasteiger partial charge in [0.15, 0.2) is 0 Å². The van der Waals surface area contributed by atoms with Crippen molar-refractivity contribution in [2.75, 3.05) is 18.5 Å². The van der Waals surface area contributed by atoms with E-state index in [9.17, 15) is 0 Å². The van der Waals surface area contributed by atoms with Gasteiger partial charge in [-0.1, -0.05) is 6.92 Å². The van der Waals surface area contributed by atoms with E-state index in [0.717, 1.165) is 13.0 Å². The first-order chi connectivity index (χ1) is 9.81. The molecule has 0 saturated carbocycles. The molecule has 0 bridgehead atoms. The highest BCUT2D eigenvalue weighted by Crippen LogP contribution is 2.19. The number of rotatable bonds is 7. The third-order valence-electron chi connectivity index (χ3n) is 2.24. The molecule has 2 aromatic heterocycles. The molecule has 7 nitrogen and oxygen atoms in total. The van der Waals surface area contributed by atoms with E-state index in [2.05, 4.69) is 32.2 Å². The predicted molar refractivity (Wildman–Crippen MR) is 74.1 cm³/mol. The van der Waals surface area contributed by atoms with Crippen molar-refractivity contribution in [2.45, 2.75) is 20.3 Å². The van der Waals surface area contributed by atoms with Crippen LogP contribution in [0.1, 0.15) is 20.3 Å². The topological polar surface area (TPSA) is 82.1 Å². The van der Waals surface area contributed by atoms with Gasteiger partial charge in [0, 0.05) is 12.7 Å². The van der Waals surface area contributed by atoms with E-state index in [4.69, 9.17) is 9.47 Å². The lowest BCUT2D eigenvalue weighted by molar-refractivity contribution is 0.303. The minimum atomic E-state index is 0.176. The second-order valence-corrected chi connectivity index (χ2v) is 3.87. The van der Waals surface area contributed by atoms with Gasteiger partial charge in [0.05, 0.1) is 12.8 Å². The van der Waals surface area contributed by atoms with E-state index >= 15 is 0 Å². The summed E-state index contributed by atoms with van der Waals surface area (Å²) >= 11 is 0. The van der Waals surface area contributed by atoms with Gasteiger partial charge in [-0.3, -0.25) is 4.98 Å². The Bertz CT molecular complexity index is 536. The Morgan fingerprint density at radius 2 is 2.00 bits per heavy atom. The van der Waals surface area contributed by atoms with Gasteiger partial charge in [0.1, 0.15) is 5.75 Å². The third-order valence-corrected chi connectivity index (χ3v) is 2.24. The van der Waals surface area contributed by atoms with Crippen LogP contribution in [-0.2, 0) is 0 Å². The minimum Gasteiger partial charge on any atom is -0.464 e. The molecule has 0 spiro atoms. The van der Waals surface area contributed by atoms with Crippen molar-refractivity contribution in [1.82, 2.24) is 19.9 Å². The number of pyridine rings is 1. The standard InChI is InChI=1S/C13H17N5O2/c1-3-7-15-11-16-12(19-4-2)18-13(17-11)20-10-6-5-8-14-9-10/h5-6,8-9H,3-4,7H2,1-2H3,(H,15,16,17,18). The lowest BCUT2D eigenvalue weighted by atomic mass is 10.5. The Labute approximate surface area is 117 Å². The molecule has 2 heterocycles. The average molecular weight is 275 g/mol. The second kappa shape index (κ2) is 7.22. The van der Waals surface area contributed by atoms with Crippen LogP contribution >= 0.6 is 0 Å². The summed E-state index contributed by atoms with van der Waals surface area (Å²) in [5.74, 6) is 0.992. The molecule has 0 radical (unpaired) electrons. The lowest BCUT2D eigenvalue weighted by Gasteiger charge is -2.08. The van der Waals surface area contributed by atoms with Crippen molar-refractivity contribution >= 4 is 5.95 Å². The van der Waals surface area contributed by atoms with Gasteiger partial charge in [-0.05, 0) is 25.5 Å². The molecule has 0 saturated heterocycles. The molecular weight excluding hydrogens is 258 g/mol. The molecule has 0 aliphatic rings. The van der Waals surface area contributed by atoms with Crippen molar-refractivity contribution in [3.63, 3.8) is 0 Å². The van der Waals surface area contributed by atoms with E-state index in [-0.39, 0.29) is 12.0 Å². The van der Waals surface area contributed by atoms with E-state index < -0.39 is 0 Å². The summed E-state index contributed by atoms with van der Waals surface area (Å²) in [5, 5.41) is 3.08. The summed E-state index contributed by atoms with van der Waals surface area (Å²) in [5.41, 5.74) is 0. The number of ether oxygens (including phenoxy) is 2. The van der Waals surface area contributed by atoms with E-state index in [0.29, 0.717) is 18.3 Å². The Balaban J connectivity index is 2.19. The van der Waals surface area contributed by atoms with Crippen LogP contribution in [0, 0.1) is 0 Å². The highest BCUT2D eigenvalue weighted by Gasteiger charge is 2.09. The SMILES string of the molecule is CCCNc1nc(OCC)nc(Oc2cccnc2)n1. The quantitative estimate of drug-likeness (QED) is 0.830. The zero-order valence-electron chi connectivity index (χ0n) is 11.5. The van der Waals surface area contributed by atoms with E-state index in [1.807, 2.05) is 6.92 Å². The molecule has 1 N–H and O–H groups in total. The molecule has 0 aromatic carbocycles. The summed E-state index contributed by atoms with van der Waals surface area (Å²) < 4.78 is 10.8. The third kappa shape index (κ3) is 4.04. The summed E-state index contributed by atoms with van der Waals surface area (Å²) in [6.45, 7) is 5.17. The minimum absolute atomic E-state index is 0.176. The van der Waals surface area contributed by atoms with Gasteiger partial charge in [-0.2, -0.15) is 9.97 Å². The monoisotopic (exact) mass is 275 g/mol. The fourth-order valence-corrected chi connectivity index (χ4v) is 1.41. The van der Waals surface area contributed by atoms with Crippen molar-refractivity contribution < 1.29 is 9.47 Å². The summed E-state index contributed by atoms with van der Waals surface area (Å²) in [4.78, 5) is 16.4. The average Bonchev–Trinajstić information content (AvgIpc) is 2.46. The normalized spacial score (nSPS) is 10.1. The fourth-order valence-electron chi connectivity index (χ4n) is 1.41.